The first kappa shape index (κ1) is 9.17. The predicted octanol–water partition coefficient (Wildman–Crippen LogP) is 1.18. The Balaban J connectivity index is 1.68. The summed E-state index contributed by atoms with van der Waals surface area (Å²) in [6.07, 6.45) is 1.53. The van der Waals surface area contributed by atoms with Gasteiger partial charge < -0.3 is 5.32 Å². The molecule has 2 heterocycles. The Labute approximate surface area is 87.0 Å². The molecule has 80 valence electrons. The number of nitrogens with one attached hydrogen (secondary N) is 1. The van der Waals surface area contributed by atoms with Crippen molar-refractivity contribution in [2.45, 2.75) is 26.3 Å². The van der Waals surface area contributed by atoms with Gasteiger partial charge in [0.15, 0.2) is 0 Å². The molecule has 3 rings (SSSR count). The maximum absolute atomic E-state index is 3.53. The highest BCUT2D eigenvalue weighted by molar-refractivity contribution is 5.01. The van der Waals surface area contributed by atoms with Crippen molar-refractivity contribution in [1.82, 2.24) is 10.2 Å². The minimum absolute atomic E-state index is 0.844. The van der Waals surface area contributed by atoms with E-state index in [0.717, 1.165) is 29.7 Å². The van der Waals surface area contributed by atoms with Gasteiger partial charge in [-0.3, -0.25) is 4.90 Å². The Hall–Kier alpha value is -0.0800. The lowest BCUT2D eigenvalue weighted by Gasteiger charge is -2.41. The van der Waals surface area contributed by atoms with Crippen molar-refractivity contribution in [2.75, 3.05) is 26.2 Å². The summed E-state index contributed by atoms with van der Waals surface area (Å²) in [5, 5.41) is 3.53. The second kappa shape index (κ2) is 3.21. The predicted molar refractivity (Wildman–Crippen MR) is 58.2 cm³/mol. The van der Waals surface area contributed by atoms with Gasteiger partial charge in [0.25, 0.3) is 0 Å². The lowest BCUT2D eigenvalue weighted by Crippen LogP contribution is -2.53. The van der Waals surface area contributed by atoms with Crippen LogP contribution in [-0.2, 0) is 0 Å². The van der Waals surface area contributed by atoms with E-state index in [1.165, 1.54) is 32.6 Å². The van der Waals surface area contributed by atoms with Crippen molar-refractivity contribution in [3.05, 3.63) is 0 Å². The van der Waals surface area contributed by atoms with E-state index in [1.807, 2.05) is 0 Å². The maximum Gasteiger partial charge on any atom is 0.0171 e. The van der Waals surface area contributed by atoms with E-state index < -0.39 is 0 Å². The van der Waals surface area contributed by atoms with Crippen LogP contribution in [-0.4, -0.2) is 37.1 Å². The molecule has 14 heavy (non-hydrogen) atoms. The van der Waals surface area contributed by atoms with Crippen LogP contribution in [0.25, 0.3) is 0 Å². The number of hydrogen-bond donors (Lipinski definition) is 1. The summed E-state index contributed by atoms with van der Waals surface area (Å²) < 4.78 is 0. The van der Waals surface area contributed by atoms with Crippen molar-refractivity contribution >= 4 is 0 Å². The van der Waals surface area contributed by atoms with Gasteiger partial charge in [-0.25, -0.2) is 0 Å². The summed E-state index contributed by atoms with van der Waals surface area (Å²) in [5.74, 6) is 3.86. The Bertz CT molecular complexity index is 208. The van der Waals surface area contributed by atoms with Crippen LogP contribution in [0.15, 0.2) is 0 Å². The molecule has 0 bridgehead atoms. The molecule has 4 unspecified atom stereocenters. The Morgan fingerprint density at radius 1 is 1.00 bits per heavy atom. The second-order valence-corrected chi connectivity index (χ2v) is 5.81. The van der Waals surface area contributed by atoms with Gasteiger partial charge in [-0.1, -0.05) is 13.8 Å². The van der Waals surface area contributed by atoms with Gasteiger partial charge >= 0.3 is 0 Å². The normalized spacial score (nSPS) is 53.1. The summed E-state index contributed by atoms with van der Waals surface area (Å²) in [6.45, 7) is 10.1. The van der Waals surface area contributed by atoms with E-state index >= 15 is 0 Å². The molecule has 4 atom stereocenters. The SMILES string of the molecule is CC1CNCC(C)C1N1CC2CC2C1. The molecule has 0 spiro atoms. The molecule has 3 fully saturated rings. The molecular weight excluding hydrogens is 172 g/mol. The lowest BCUT2D eigenvalue weighted by atomic mass is 9.85. The second-order valence-electron chi connectivity index (χ2n) is 5.81. The minimum atomic E-state index is 0.844. The molecule has 0 aromatic carbocycles. The van der Waals surface area contributed by atoms with Crippen molar-refractivity contribution in [3.63, 3.8) is 0 Å². The van der Waals surface area contributed by atoms with E-state index in [-0.39, 0.29) is 0 Å². The summed E-state index contributed by atoms with van der Waals surface area (Å²) in [4.78, 5) is 2.79. The van der Waals surface area contributed by atoms with Crippen LogP contribution in [0.1, 0.15) is 20.3 Å². The van der Waals surface area contributed by atoms with Gasteiger partial charge in [0.1, 0.15) is 0 Å². The third-order valence-corrected chi connectivity index (χ3v) is 4.53. The van der Waals surface area contributed by atoms with Gasteiger partial charge in [0.2, 0.25) is 0 Å². The maximum atomic E-state index is 3.53. The summed E-state index contributed by atoms with van der Waals surface area (Å²) in [7, 11) is 0. The summed E-state index contributed by atoms with van der Waals surface area (Å²) in [6, 6.07) is 0.865. The Kier molecular flexibility index (Phi) is 2.10. The van der Waals surface area contributed by atoms with Crippen molar-refractivity contribution in [3.8, 4) is 0 Å². The molecular formula is C12H22N2. The standard InChI is InChI=1S/C12H22N2/c1-8-4-13-5-9(2)12(8)14-6-10-3-11(10)7-14/h8-13H,3-7H2,1-2H3. The number of likely N-dealkylation sites (tertiary alicyclic amines) is 1. The van der Waals surface area contributed by atoms with E-state index in [2.05, 4.69) is 24.1 Å². The number of hydrogen-bond acceptors (Lipinski definition) is 2. The van der Waals surface area contributed by atoms with E-state index in [4.69, 9.17) is 0 Å². The first-order valence-electron chi connectivity index (χ1n) is 6.20. The fourth-order valence-electron chi connectivity index (χ4n) is 3.74. The fraction of sp³-hybridized carbons (Fsp3) is 1.00. The van der Waals surface area contributed by atoms with Gasteiger partial charge in [-0.05, 0) is 43.2 Å². The van der Waals surface area contributed by atoms with Gasteiger partial charge in [0.05, 0.1) is 0 Å². The molecule has 2 nitrogen and oxygen atoms in total. The van der Waals surface area contributed by atoms with Crippen LogP contribution < -0.4 is 5.32 Å². The van der Waals surface area contributed by atoms with Gasteiger partial charge in [-0.15, -0.1) is 0 Å². The monoisotopic (exact) mass is 194 g/mol. The fourth-order valence-corrected chi connectivity index (χ4v) is 3.74. The molecule has 0 aromatic heterocycles. The van der Waals surface area contributed by atoms with Crippen molar-refractivity contribution in [1.29, 1.82) is 0 Å². The Morgan fingerprint density at radius 2 is 1.57 bits per heavy atom. The summed E-state index contributed by atoms with van der Waals surface area (Å²) >= 11 is 0. The lowest BCUT2D eigenvalue weighted by molar-refractivity contribution is 0.0903. The highest BCUT2D eigenvalue weighted by atomic mass is 15.2. The third kappa shape index (κ3) is 1.40. The van der Waals surface area contributed by atoms with E-state index in [9.17, 15) is 0 Å². The van der Waals surface area contributed by atoms with Crippen LogP contribution in [0.4, 0.5) is 0 Å². The number of rotatable bonds is 1. The molecule has 0 amide bonds. The van der Waals surface area contributed by atoms with Gasteiger partial charge in [0, 0.05) is 19.1 Å². The van der Waals surface area contributed by atoms with Crippen LogP contribution in [0.5, 0.6) is 0 Å². The number of piperidine rings is 2. The molecule has 3 aliphatic rings. The molecule has 2 heteroatoms. The highest BCUT2D eigenvalue weighted by Crippen LogP contribution is 2.46. The molecule has 1 saturated carbocycles. The smallest absolute Gasteiger partial charge is 0.0171 e. The first-order chi connectivity index (χ1) is 6.75. The zero-order valence-corrected chi connectivity index (χ0v) is 9.37. The zero-order valence-electron chi connectivity index (χ0n) is 9.37. The first-order valence-corrected chi connectivity index (χ1v) is 6.20. The minimum Gasteiger partial charge on any atom is -0.316 e. The topological polar surface area (TPSA) is 15.3 Å². The molecule has 1 aliphatic carbocycles. The van der Waals surface area contributed by atoms with Crippen LogP contribution in [0.3, 0.4) is 0 Å². The highest BCUT2D eigenvalue weighted by Gasteiger charge is 2.48. The van der Waals surface area contributed by atoms with Crippen molar-refractivity contribution in [2.24, 2.45) is 23.7 Å². The molecule has 0 radical (unpaired) electrons. The largest absolute Gasteiger partial charge is 0.316 e. The van der Waals surface area contributed by atoms with Crippen LogP contribution in [0.2, 0.25) is 0 Å². The van der Waals surface area contributed by atoms with Crippen molar-refractivity contribution < 1.29 is 0 Å². The summed E-state index contributed by atoms with van der Waals surface area (Å²) in [5.41, 5.74) is 0. The third-order valence-electron chi connectivity index (χ3n) is 4.53. The molecule has 1 N–H and O–H groups in total. The van der Waals surface area contributed by atoms with E-state index in [0.29, 0.717) is 0 Å². The zero-order chi connectivity index (χ0) is 9.71. The quantitative estimate of drug-likeness (QED) is 0.674. The molecule has 2 aliphatic heterocycles. The van der Waals surface area contributed by atoms with Crippen LogP contribution in [0, 0.1) is 23.7 Å². The average molecular weight is 194 g/mol. The van der Waals surface area contributed by atoms with Gasteiger partial charge in [-0.2, -0.15) is 0 Å². The van der Waals surface area contributed by atoms with E-state index in [1.54, 1.807) is 0 Å². The van der Waals surface area contributed by atoms with Crippen LogP contribution >= 0.6 is 0 Å². The number of fused-ring (bicyclic) bond motifs is 1. The number of nitrogens with zero attached hydrogens (tertiary/aromatic N) is 1. The molecule has 2 saturated heterocycles. The average Bonchev–Trinajstić information content (AvgIpc) is 2.74. The Morgan fingerprint density at radius 3 is 2.14 bits per heavy atom. The molecule has 0 aromatic rings.